The van der Waals surface area contributed by atoms with Crippen molar-refractivity contribution in [3.8, 4) is 11.5 Å². The quantitative estimate of drug-likeness (QED) is 0.614. The summed E-state index contributed by atoms with van der Waals surface area (Å²) in [4.78, 5) is 11.0. The fourth-order valence-electron chi connectivity index (χ4n) is 2.36. The van der Waals surface area contributed by atoms with Crippen molar-refractivity contribution in [3.63, 3.8) is 0 Å². The van der Waals surface area contributed by atoms with Crippen LogP contribution in [0.3, 0.4) is 0 Å². The molecule has 25 heavy (non-hydrogen) atoms. The molecule has 0 saturated carbocycles. The molecule has 0 amide bonds. The van der Waals surface area contributed by atoms with Crippen LogP contribution in [0.15, 0.2) is 54.6 Å². The highest BCUT2D eigenvalue weighted by molar-refractivity contribution is 5.72. The van der Waals surface area contributed by atoms with Crippen molar-refractivity contribution in [2.24, 2.45) is 0 Å². The van der Waals surface area contributed by atoms with E-state index in [0.717, 1.165) is 30.8 Å². The third kappa shape index (κ3) is 6.85. The lowest BCUT2D eigenvalue weighted by Gasteiger charge is -2.14. The minimum atomic E-state index is -0.937. The van der Waals surface area contributed by atoms with Gasteiger partial charge in [-0.3, -0.25) is 0 Å². The molecular formula is C20H25NO4. The van der Waals surface area contributed by atoms with Crippen LogP contribution in [0.2, 0.25) is 0 Å². The summed E-state index contributed by atoms with van der Waals surface area (Å²) < 4.78 is 11.1. The summed E-state index contributed by atoms with van der Waals surface area (Å²) >= 11 is 0. The summed E-state index contributed by atoms with van der Waals surface area (Å²) in [5.41, 5.74) is 1.11. The molecule has 0 heterocycles. The molecule has 0 aliphatic carbocycles. The van der Waals surface area contributed by atoms with Gasteiger partial charge in [-0.25, -0.2) is 4.79 Å². The summed E-state index contributed by atoms with van der Waals surface area (Å²) in [5, 5.41) is 12.4. The number of benzene rings is 2. The number of ether oxygens (including phenoxy) is 2. The van der Waals surface area contributed by atoms with E-state index >= 15 is 0 Å². The molecule has 0 fully saturated rings. The number of carboxylic acids is 1. The first-order valence-electron chi connectivity index (χ1n) is 8.56. The average Bonchev–Trinajstić information content (AvgIpc) is 2.63. The van der Waals surface area contributed by atoms with Gasteiger partial charge in [0.25, 0.3) is 0 Å². The van der Waals surface area contributed by atoms with Crippen LogP contribution < -0.4 is 14.8 Å². The monoisotopic (exact) mass is 343 g/mol. The third-order valence-electron chi connectivity index (χ3n) is 3.70. The zero-order valence-electron chi connectivity index (χ0n) is 14.5. The van der Waals surface area contributed by atoms with Crippen LogP contribution in [-0.2, 0) is 11.2 Å². The molecular weight excluding hydrogens is 318 g/mol. The van der Waals surface area contributed by atoms with Gasteiger partial charge in [0.05, 0.1) is 0 Å². The lowest BCUT2D eigenvalue weighted by molar-refractivity contribution is -0.145. The molecule has 1 unspecified atom stereocenters. The van der Waals surface area contributed by atoms with E-state index < -0.39 is 12.1 Å². The van der Waals surface area contributed by atoms with Gasteiger partial charge in [-0.2, -0.15) is 0 Å². The largest absolute Gasteiger partial charge is 0.492 e. The zero-order chi connectivity index (χ0) is 17.9. The molecule has 1 atom stereocenters. The van der Waals surface area contributed by atoms with Crippen LogP contribution in [0.5, 0.6) is 11.5 Å². The molecule has 5 heteroatoms. The van der Waals surface area contributed by atoms with Gasteiger partial charge in [0.1, 0.15) is 18.1 Å². The first-order valence-corrected chi connectivity index (χ1v) is 8.56. The van der Waals surface area contributed by atoms with Gasteiger partial charge in [0.15, 0.2) is 6.10 Å². The van der Waals surface area contributed by atoms with Crippen LogP contribution in [-0.4, -0.2) is 36.9 Å². The maximum Gasteiger partial charge on any atom is 0.344 e. The van der Waals surface area contributed by atoms with Crippen LogP contribution >= 0.6 is 0 Å². The molecule has 134 valence electrons. The number of carboxylic acid groups (broad SMARTS) is 1. The standard InChI is InChI=1S/C20H25NO4/c1-2-19(20(22)23)25-18-10-6-7-16(15-18)11-12-21-13-14-24-17-8-4-3-5-9-17/h3-10,15,19,21H,2,11-14H2,1H3,(H,22,23). The fourth-order valence-corrected chi connectivity index (χ4v) is 2.36. The second kappa shape index (κ2) is 10.4. The molecule has 0 saturated heterocycles. The minimum absolute atomic E-state index is 0.433. The average molecular weight is 343 g/mol. The Labute approximate surface area is 148 Å². The number of rotatable bonds is 11. The first-order chi connectivity index (χ1) is 12.2. The van der Waals surface area contributed by atoms with E-state index in [9.17, 15) is 4.79 Å². The number of para-hydroxylation sites is 1. The van der Waals surface area contributed by atoms with Gasteiger partial charge in [0.2, 0.25) is 0 Å². The second-order valence-corrected chi connectivity index (χ2v) is 5.66. The minimum Gasteiger partial charge on any atom is -0.492 e. The number of aliphatic carboxylic acids is 1. The Morgan fingerprint density at radius 3 is 2.56 bits per heavy atom. The van der Waals surface area contributed by atoms with Crippen molar-refractivity contribution in [1.29, 1.82) is 0 Å². The summed E-state index contributed by atoms with van der Waals surface area (Å²) in [7, 11) is 0. The summed E-state index contributed by atoms with van der Waals surface area (Å²) in [5.74, 6) is 0.533. The van der Waals surface area contributed by atoms with E-state index in [2.05, 4.69) is 5.32 Å². The number of hydrogen-bond acceptors (Lipinski definition) is 4. The summed E-state index contributed by atoms with van der Waals surface area (Å²) in [6, 6.07) is 17.3. The SMILES string of the molecule is CCC(Oc1cccc(CCNCCOc2ccccc2)c1)C(=O)O. The molecule has 2 aromatic carbocycles. The molecule has 2 aromatic rings. The molecule has 0 radical (unpaired) electrons. The molecule has 0 spiro atoms. The van der Waals surface area contributed by atoms with E-state index in [1.165, 1.54) is 0 Å². The molecule has 2 rings (SSSR count). The summed E-state index contributed by atoms with van der Waals surface area (Å²) in [6.45, 7) is 3.99. The normalized spacial score (nSPS) is 11.7. The highest BCUT2D eigenvalue weighted by Crippen LogP contribution is 2.16. The van der Waals surface area contributed by atoms with Crippen molar-refractivity contribution >= 4 is 5.97 Å². The van der Waals surface area contributed by atoms with Gasteiger partial charge < -0.3 is 19.9 Å². The van der Waals surface area contributed by atoms with Gasteiger partial charge in [-0.05, 0) is 49.2 Å². The van der Waals surface area contributed by atoms with E-state index in [0.29, 0.717) is 18.8 Å². The number of nitrogens with one attached hydrogen (secondary N) is 1. The van der Waals surface area contributed by atoms with Crippen LogP contribution in [0.25, 0.3) is 0 Å². The fraction of sp³-hybridized carbons (Fsp3) is 0.350. The Bertz CT molecular complexity index is 645. The Hall–Kier alpha value is -2.53. The number of hydrogen-bond donors (Lipinski definition) is 2. The third-order valence-corrected chi connectivity index (χ3v) is 3.70. The molecule has 0 aromatic heterocycles. The maximum absolute atomic E-state index is 11.0. The Morgan fingerprint density at radius 2 is 1.84 bits per heavy atom. The summed E-state index contributed by atoms with van der Waals surface area (Å²) in [6.07, 6.45) is 0.470. The van der Waals surface area contributed by atoms with E-state index in [-0.39, 0.29) is 0 Å². The van der Waals surface area contributed by atoms with Crippen LogP contribution in [0.1, 0.15) is 18.9 Å². The number of carbonyl (C=O) groups is 1. The van der Waals surface area contributed by atoms with Crippen molar-refractivity contribution in [2.45, 2.75) is 25.9 Å². The second-order valence-electron chi connectivity index (χ2n) is 5.66. The van der Waals surface area contributed by atoms with Gasteiger partial charge in [0, 0.05) is 6.54 Å². The highest BCUT2D eigenvalue weighted by atomic mass is 16.5. The Kier molecular flexibility index (Phi) is 7.79. The van der Waals surface area contributed by atoms with Crippen LogP contribution in [0, 0.1) is 0 Å². The smallest absolute Gasteiger partial charge is 0.344 e. The molecule has 0 aliphatic heterocycles. The predicted octanol–water partition coefficient (Wildman–Crippen LogP) is 3.14. The van der Waals surface area contributed by atoms with Crippen molar-refractivity contribution in [3.05, 3.63) is 60.2 Å². The van der Waals surface area contributed by atoms with Gasteiger partial charge >= 0.3 is 5.97 Å². The highest BCUT2D eigenvalue weighted by Gasteiger charge is 2.16. The topological polar surface area (TPSA) is 67.8 Å². The van der Waals surface area contributed by atoms with Crippen molar-refractivity contribution in [2.75, 3.05) is 19.7 Å². The molecule has 0 bridgehead atoms. The Balaban J connectivity index is 1.68. The van der Waals surface area contributed by atoms with Crippen molar-refractivity contribution in [1.82, 2.24) is 5.32 Å². The molecule has 2 N–H and O–H groups in total. The van der Waals surface area contributed by atoms with Crippen molar-refractivity contribution < 1.29 is 19.4 Å². The Morgan fingerprint density at radius 1 is 1.08 bits per heavy atom. The van der Waals surface area contributed by atoms with Crippen LogP contribution in [0.4, 0.5) is 0 Å². The zero-order valence-corrected chi connectivity index (χ0v) is 14.5. The lowest BCUT2D eigenvalue weighted by Crippen LogP contribution is -2.26. The van der Waals surface area contributed by atoms with Gasteiger partial charge in [-0.1, -0.05) is 37.3 Å². The van der Waals surface area contributed by atoms with Gasteiger partial charge in [-0.15, -0.1) is 0 Å². The lowest BCUT2D eigenvalue weighted by atomic mass is 10.1. The first kappa shape index (κ1) is 18.8. The molecule has 5 nitrogen and oxygen atoms in total. The van der Waals surface area contributed by atoms with E-state index in [4.69, 9.17) is 14.6 Å². The van der Waals surface area contributed by atoms with E-state index in [1.54, 1.807) is 13.0 Å². The predicted molar refractivity (Wildman–Crippen MR) is 97.3 cm³/mol. The van der Waals surface area contributed by atoms with E-state index in [1.807, 2.05) is 48.5 Å². The molecule has 0 aliphatic rings. The maximum atomic E-state index is 11.0.